The molecular weight excluding hydrogens is 492 g/mol. The highest BCUT2D eigenvalue weighted by molar-refractivity contribution is 7.88. The molecule has 200 valence electrons. The maximum Gasteiger partial charge on any atom is 0.272 e. The number of hydrogen-bond donors (Lipinski definition) is 2. The third kappa shape index (κ3) is 6.11. The van der Waals surface area contributed by atoms with Crippen molar-refractivity contribution in [3.8, 4) is 0 Å². The van der Waals surface area contributed by atoms with Crippen LogP contribution in [0.5, 0.6) is 0 Å². The SMILES string of the molecule is CS(=O)(=O)N1CCC(Nc2cc(C(=O)N3CC[C@@H](O)[C@H](N4CCc5ccccc5C4)CC3)ncn2)CC1. The minimum atomic E-state index is -3.18. The highest BCUT2D eigenvalue weighted by Gasteiger charge is 2.33. The second-order valence-electron chi connectivity index (χ2n) is 10.4. The van der Waals surface area contributed by atoms with Gasteiger partial charge in [0.1, 0.15) is 17.8 Å². The van der Waals surface area contributed by atoms with Crippen molar-refractivity contribution < 1.29 is 18.3 Å². The maximum absolute atomic E-state index is 13.3. The summed E-state index contributed by atoms with van der Waals surface area (Å²) < 4.78 is 25.0. The predicted molar refractivity (Wildman–Crippen MR) is 141 cm³/mol. The molecule has 0 spiro atoms. The van der Waals surface area contributed by atoms with E-state index in [9.17, 15) is 18.3 Å². The number of rotatable bonds is 5. The fourth-order valence-electron chi connectivity index (χ4n) is 5.76. The summed E-state index contributed by atoms with van der Waals surface area (Å²) in [7, 11) is -3.18. The second-order valence-corrected chi connectivity index (χ2v) is 12.3. The van der Waals surface area contributed by atoms with Crippen LogP contribution in [0.3, 0.4) is 0 Å². The molecule has 0 bridgehead atoms. The number of amides is 1. The zero-order valence-electron chi connectivity index (χ0n) is 21.3. The van der Waals surface area contributed by atoms with Crippen LogP contribution in [0, 0.1) is 0 Å². The molecule has 0 aliphatic carbocycles. The van der Waals surface area contributed by atoms with Crippen LogP contribution in [0.25, 0.3) is 0 Å². The number of carbonyl (C=O) groups is 1. The third-order valence-corrected chi connectivity index (χ3v) is 9.21. The summed E-state index contributed by atoms with van der Waals surface area (Å²) in [6.45, 7) is 3.72. The molecule has 3 aliphatic rings. The fourth-order valence-corrected chi connectivity index (χ4v) is 6.63. The fraction of sp³-hybridized carbons (Fsp3) is 0.577. The zero-order chi connectivity index (χ0) is 26.0. The van der Waals surface area contributed by atoms with Crippen molar-refractivity contribution in [3.63, 3.8) is 0 Å². The predicted octanol–water partition coefficient (Wildman–Crippen LogP) is 1.34. The Hall–Kier alpha value is -2.60. The Morgan fingerprint density at radius 3 is 2.49 bits per heavy atom. The van der Waals surface area contributed by atoms with Gasteiger partial charge in [-0.1, -0.05) is 24.3 Å². The highest BCUT2D eigenvalue weighted by atomic mass is 32.2. The van der Waals surface area contributed by atoms with Crippen LogP contribution in [-0.4, -0.2) is 101 Å². The summed E-state index contributed by atoms with van der Waals surface area (Å²) in [5.74, 6) is 0.407. The molecule has 1 aromatic carbocycles. The van der Waals surface area contributed by atoms with Gasteiger partial charge in [-0.15, -0.1) is 0 Å². The molecule has 11 heteroatoms. The number of anilines is 1. The molecule has 37 heavy (non-hydrogen) atoms. The van der Waals surface area contributed by atoms with Crippen LogP contribution in [0.2, 0.25) is 0 Å². The van der Waals surface area contributed by atoms with E-state index in [1.807, 2.05) is 0 Å². The Labute approximate surface area is 218 Å². The molecule has 2 N–H and O–H groups in total. The first-order valence-electron chi connectivity index (χ1n) is 13.1. The van der Waals surface area contributed by atoms with Crippen molar-refractivity contribution in [2.24, 2.45) is 0 Å². The number of nitrogens with zero attached hydrogens (tertiary/aromatic N) is 5. The lowest BCUT2D eigenvalue weighted by Gasteiger charge is -2.37. The van der Waals surface area contributed by atoms with Gasteiger partial charge in [0.15, 0.2) is 0 Å². The first-order chi connectivity index (χ1) is 17.8. The van der Waals surface area contributed by atoms with E-state index in [-0.39, 0.29) is 18.0 Å². The van der Waals surface area contributed by atoms with Crippen LogP contribution < -0.4 is 5.32 Å². The average Bonchev–Trinajstić information content (AvgIpc) is 3.09. The number of aliphatic hydroxyl groups excluding tert-OH is 1. The number of carbonyl (C=O) groups excluding carboxylic acids is 1. The van der Waals surface area contributed by atoms with Gasteiger partial charge in [-0.25, -0.2) is 22.7 Å². The first-order valence-corrected chi connectivity index (χ1v) is 14.9. The van der Waals surface area contributed by atoms with Gasteiger partial charge in [-0.3, -0.25) is 9.69 Å². The minimum absolute atomic E-state index is 0.0200. The zero-order valence-corrected chi connectivity index (χ0v) is 22.1. The van der Waals surface area contributed by atoms with E-state index in [0.717, 1.165) is 19.5 Å². The van der Waals surface area contributed by atoms with E-state index in [0.29, 0.717) is 63.4 Å². The molecule has 0 saturated carbocycles. The Balaban J connectivity index is 1.19. The lowest BCUT2D eigenvalue weighted by atomic mass is 9.96. The molecule has 0 radical (unpaired) electrons. The minimum Gasteiger partial charge on any atom is -0.391 e. The van der Waals surface area contributed by atoms with E-state index in [2.05, 4.69) is 44.5 Å². The summed E-state index contributed by atoms with van der Waals surface area (Å²) >= 11 is 0. The molecule has 2 fully saturated rings. The van der Waals surface area contributed by atoms with Crippen LogP contribution in [-0.2, 0) is 23.0 Å². The van der Waals surface area contributed by atoms with Crippen molar-refractivity contribution in [1.29, 1.82) is 0 Å². The molecule has 0 unspecified atom stereocenters. The molecule has 5 rings (SSSR count). The molecule has 2 atom stereocenters. The quantitative estimate of drug-likeness (QED) is 0.597. The van der Waals surface area contributed by atoms with Gasteiger partial charge < -0.3 is 15.3 Å². The third-order valence-electron chi connectivity index (χ3n) is 7.91. The molecule has 1 amide bonds. The number of aromatic nitrogens is 2. The molecule has 1 aromatic heterocycles. The number of nitrogens with one attached hydrogen (secondary N) is 1. The van der Waals surface area contributed by atoms with Crippen LogP contribution in [0.1, 0.15) is 47.3 Å². The summed E-state index contributed by atoms with van der Waals surface area (Å²) in [5, 5.41) is 14.3. The number of benzene rings is 1. The van der Waals surface area contributed by atoms with Crippen molar-refractivity contribution in [2.45, 2.75) is 56.8 Å². The molecule has 2 aromatic rings. The number of aliphatic hydroxyl groups is 1. The molecule has 10 nitrogen and oxygen atoms in total. The Bertz CT molecular complexity index is 1220. The molecular formula is C26H36N6O4S. The summed E-state index contributed by atoms with van der Waals surface area (Å²) in [5.41, 5.74) is 3.03. The van der Waals surface area contributed by atoms with Gasteiger partial charge in [0, 0.05) is 57.4 Å². The monoisotopic (exact) mass is 528 g/mol. The second kappa shape index (κ2) is 11.0. The summed E-state index contributed by atoms with van der Waals surface area (Å²) in [4.78, 5) is 26.0. The van der Waals surface area contributed by atoms with Gasteiger partial charge >= 0.3 is 0 Å². The Morgan fingerprint density at radius 2 is 1.73 bits per heavy atom. The van der Waals surface area contributed by atoms with Crippen molar-refractivity contribution in [1.82, 2.24) is 24.1 Å². The van der Waals surface area contributed by atoms with Gasteiger partial charge in [-0.05, 0) is 43.2 Å². The molecule has 4 heterocycles. The van der Waals surface area contributed by atoms with E-state index >= 15 is 0 Å². The normalized spacial score (nSPS) is 24.3. The first kappa shape index (κ1) is 26.0. The number of sulfonamides is 1. The standard InChI is InChI=1S/C26H36N6O4S/c1-37(35,36)32-14-7-21(8-15-32)29-25-16-22(27-18-28-25)26(34)30-12-9-23(24(33)10-13-30)31-11-6-19-4-2-3-5-20(19)17-31/h2-5,16,18,21,23-24,33H,6-15,17H2,1H3,(H,27,28,29)/t23-,24-/m1/s1. The number of hydrogen-bond acceptors (Lipinski definition) is 8. The van der Waals surface area contributed by atoms with Gasteiger partial charge in [-0.2, -0.15) is 0 Å². The van der Waals surface area contributed by atoms with Crippen molar-refractivity contribution in [2.75, 3.05) is 44.3 Å². The van der Waals surface area contributed by atoms with Gasteiger partial charge in [0.25, 0.3) is 5.91 Å². The van der Waals surface area contributed by atoms with Crippen LogP contribution in [0.4, 0.5) is 5.82 Å². The Kier molecular flexibility index (Phi) is 7.75. The van der Waals surface area contributed by atoms with Crippen LogP contribution in [0.15, 0.2) is 36.7 Å². The van der Waals surface area contributed by atoms with E-state index < -0.39 is 16.1 Å². The maximum atomic E-state index is 13.3. The number of likely N-dealkylation sites (tertiary alicyclic amines) is 1. The lowest BCUT2D eigenvalue weighted by molar-refractivity contribution is 0.0394. The smallest absolute Gasteiger partial charge is 0.272 e. The number of piperidine rings is 1. The molecule has 2 saturated heterocycles. The summed E-state index contributed by atoms with van der Waals surface area (Å²) in [6.07, 6.45) is 5.71. The largest absolute Gasteiger partial charge is 0.391 e. The lowest BCUT2D eigenvalue weighted by Crippen LogP contribution is -2.46. The van der Waals surface area contributed by atoms with Gasteiger partial charge in [0.05, 0.1) is 12.4 Å². The number of fused-ring (bicyclic) bond motifs is 1. The van der Waals surface area contributed by atoms with E-state index in [1.165, 1.54) is 28.0 Å². The van der Waals surface area contributed by atoms with Crippen LogP contribution >= 0.6 is 0 Å². The Morgan fingerprint density at radius 1 is 1.00 bits per heavy atom. The highest BCUT2D eigenvalue weighted by Crippen LogP contribution is 2.26. The van der Waals surface area contributed by atoms with E-state index in [1.54, 1.807) is 11.0 Å². The summed E-state index contributed by atoms with van der Waals surface area (Å²) in [6, 6.07) is 10.3. The van der Waals surface area contributed by atoms with Crippen molar-refractivity contribution >= 4 is 21.7 Å². The molecule has 3 aliphatic heterocycles. The average molecular weight is 529 g/mol. The topological polar surface area (TPSA) is 119 Å². The van der Waals surface area contributed by atoms with Crippen molar-refractivity contribution in [3.05, 3.63) is 53.5 Å². The van der Waals surface area contributed by atoms with Gasteiger partial charge in [0.2, 0.25) is 10.0 Å². The van der Waals surface area contributed by atoms with E-state index in [4.69, 9.17) is 0 Å².